The number of aliphatic hydroxyl groups excluding tert-OH is 1. The van der Waals surface area contributed by atoms with Crippen molar-refractivity contribution >= 4 is 0 Å². The van der Waals surface area contributed by atoms with Crippen LogP contribution >= 0.6 is 0 Å². The molecule has 0 heterocycles. The molecule has 0 radical (unpaired) electrons. The number of benzene rings is 3. The third-order valence-corrected chi connectivity index (χ3v) is 5.13. The molecule has 3 aromatic carbocycles. The number of hydrogen-bond acceptors (Lipinski definition) is 1. The molecule has 0 aliphatic heterocycles. The van der Waals surface area contributed by atoms with Crippen LogP contribution in [0.5, 0.6) is 0 Å². The van der Waals surface area contributed by atoms with E-state index in [1.165, 1.54) is 16.7 Å². The van der Waals surface area contributed by atoms with Gasteiger partial charge < -0.3 is 5.11 Å². The predicted octanol–water partition coefficient (Wildman–Crippen LogP) is 5.47. The second-order valence-corrected chi connectivity index (χ2v) is 7.31. The SMILES string of the molecule is OCCCC(Cc1ccccc1)(Cc1ccccc1)Cc1ccccc1.[Ti]. The van der Waals surface area contributed by atoms with Crippen molar-refractivity contribution in [2.75, 3.05) is 6.61 Å². The molecule has 0 unspecified atom stereocenters. The van der Waals surface area contributed by atoms with Gasteiger partial charge in [-0.3, -0.25) is 0 Å². The van der Waals surface area contributed by atoms with Crippen LogP contribution < -0.4 is 0 Å². The molecule has 2 heteroatoms. The van der Waals surface area contributed by atoms with E-state index in [-0.39, 0.29) is 33.7 Å². The average molecular weight is 392 g/mol. The Morgan fingerprint density at radius 1 is 0.556 bits per heavy atom. The van der Waals surface area contributed by atoms with Crippen molar-refractivity contribution in [1.82, 2.24) is 0 Å². The van der Waals surface area contributed by atoms with E-state index in [0.29, 0.717) is 0 Å². The Morgan fingerprint density at radius 2 is 0.889 bits per heavy atom. The molecule has 3 aromatic rings. The minimum absolute atomic E-state index is 0. The van der Waals surface area contributed by atoms with Gasteiger partial charge in [0, 0.05) is 28.3 Å². The molecule has 1 nitrogen and oxygen atoms in total. The molecule has 0 saturated carbocycles. The zero-order valence-electron chi connectivity index (χ0n) is 15.9. The Balaban J connectivity index is 0.00000261. The van der Waals surface area contributed by atoms with Gasteiger partial charge in [0.25, 0.3) is 0 Å². The van der Waals surface area contributed by atoms with Gasteiger partial charge >= 0.3 is 0 Å². The molecule has 0 saturated heterocycles. The third-order valence-electron chi connectivity index (χ3n) is 5.13. The zero-order valence-corrected chi connectivity index (χ0v) is 17.4. The van der Waals surface area contributed by atoms with Crippen LogP contribution in [0.3, 0.4) is 0 Å². The molecular formula is C25H28OTi. The first-order valence-electron chi connectivity index (χ1n) is 9.52. The molecular weight excluding hydrogens is 364 g/mol. The van der Waals surface area contributed by atoms with Gasteiger partial charge in [0.1, 0.15) is 0 Å². The first kappa shape index (κ1) is 21.6. The third kappa shape index (κ3) is 6.77. The van der Waals surface area contributed by atoms with E-state index in [9.17, 15) is 5.11 Å². The minimum Gasteiger partial charge on any atom is -0.396 e. The summed E-state index contributed by atoms with van der Waals surface area (Å²) in [7, 11) is 0. The van der Waals surface area contributed by atoms with Crippen molar-refractivity contribution in [2.45, 2.75) is 32.1 Å². The van der Waals surface area contributed by atoms with Gasteiger partial charge in [-0.1, -0.05) is 91.0 Å². The van der Waals surface area contributed by atoms with Gasteiger partial charge in [0.15, 0.2) is 0 Å². The summed E-state index contributed by atoms with van der Waals surface area (Å²) >= 11 is 0. The van der Waals surface area contributed by atoms with E-state index in [0.717, 1.165) is 32.1 Å². The van der Waals surface area contributed by atoms with Gasteiger partial charge in [-0.05, 0) is 54.2 Å². The standard InChI is InChI=1S/C25H28O.Ti/c26-18-10-17-25(19-22-11-4-1-5-12-22,20-23-13-6-2-7-14-23)21-24-15-8-3-9-16-24;/h1-9,11-16,26H,10,17-21H2;. The largest absolute Gasteiger partial charge is 0.396 e. The Hall–Kier alpha value is -1.67. The summed E-state index contributed by atoms with van der Waals surface area (Å²) in [6.07, 6.45) is 4.93. The molecule has 3 rings (SSSR count). The fourth-order valence-electron chi connectivity index (χ4n) is 3.99. The monoisotopic (exact) mass is 392 g/mol. The Labute approximate surface area is 178 Å². The quantitative estimate of drug-likeness (QED) is 0.479. The molecule has 0 aliphatic rings. The average Bonchev–Trinajstić information content (AvgIpc) is 2.69. The summed E-state index contributed by atoms with van der Waals surface area (Å²) < 4.78 is 0. The van der Waals surface area contributed by atoms with Gasteiger partial charge in [-0.2, -0.15) is 0 Å². The minimum atomic E-state index is 0. The molecule has 27 heavy (non-hydrogen) atoms. The van der Waals surface area contributed by atoms with Crippen LogP contribution in [0.4, 0.5) is 0 Å². The molecule has 0 fully saturated rings. The van der Waals surface area contributed by atoms with Gasteiger partial charge in [-0.15, -0.1) is 0 Å². The first-order chi connectivity index (χ1) is 12.8. The molecule has 1 N–H and O–H groups in total. The van der Waals surface area contributed by atoms with Gasteiger partial charge in [-0.25, -0.2) is 0 Å². The van der Waals surface area contributed by atoms with Crippen molar-refractivity contribution in [2.24, 2.45) is 5.41 Å². The van der Waals surface area contributed by atoms with E-state index in [2.05, 4.69) is 91.0 Å². The number of aliphatic hydroxyl groups is 1. The molecule has 0 atom stereocenters. The maximum absolute atomic E-state index is 9.53. The van der Waals surface area contributed by atoms with E-state index in [1.807, 2.05) is 0 Å². The second-order valence-electron chi connectivity index (χ2n) is 7.31. The summed E-state index contributed by atoms with van der Waals surface area (Å²) in [4.78, 5) is 0. The molecule has 0 amide bonds. The van der Waals surface area contributed by atoms with Crippen LogP contribution in [0.15, 0.2) is 91.0 Å². The van der Waals surface area contributed by atoms with Crippen molar-refractivity contribution in [3.63, 3.8) is 0 Å². The first-order valence-corrected chi connectivity index (χ1v) is 9.52. The summed E-state index contributed by atoms with van der Waals surface area (Å²) in [5, 5.41) is 9.53. The van der Waals surface area contributed by atoms with E-state index >= 15 is 0 Å². The van der Waals surface area contributed by atoms with Crippen LogP contribution in [0.25, 0.3) is 0 Å². The molecule has 0 spiro atoms. The number of hydrogen-bond donors (Lipinski definition) is 1. The van der Waals surface area contributed by atoms with Crippen molar-refractivity contribution in [1.29, 1.82) is 0 Å². The van der Waals surface area contributed by atoms with Crippen LogP contribution in [0.2, 0.25) is 0 Å². The summed E-state index contributed by atoms with van der Waals surface area (Å²) in [5.74, 6) is 0. The van der Waals surface area contributed by atoms with Crippen LogP contribution in [0.1, 0.15) is 29.5 Å². The van der Waals surface area contributed by atoms with Crippen molar-refractivity contribution < 1.29 is 26.8 Å². The van der Waals surface area contributed by atoms with Crippen LogP contribution in [-0.4, -0.2) is 11.7 Å². The van der Waals surface area contributed by atoms with E-state index in [1.54, 1.807) is 0 Å². The molecule has 0 aliphatic carbocycles. The Bertz CT molecular complexity index is 655. The topological polar surface area (TPSA) is 20.2 Å². The summed E-state index contributed by atoms with van der Waals surface area (Å²) in [6, 6.07) is 32.3. The van der Waals surface area contributed by atoms with Crippen LogP contribution in [0, 0.1) is 5.41 Å². The summed E-state index contributed by atoms with van der Waals surface area (Å²) in [6.45, 7) is 0.250. The molecule has 138 valence electrons. The van der Waals surface area contributed by atoms with Gasteiger partial charge in [0.2, 0.25) is 0 Å². The number of rotatable bonds is 9. The zero-order chi connectivity index (χ0) is 18.1. The Morgan fingerprint density at radius 3 is 1.19 bits per heavy atom. The van der Waals surface area contributed by atoms with E-state index < -0.39 is 0 Å². The van der Waals surface area contributed by atoms with E-state index in [4.69, 9.17) is 0 Å². The second kappa shape index (κ2) is 11.2. The molecule has 0 bridgehead atoms. The van der Waals surface area contributed by atoms with Crippen LogP contribution in [-0.2, 0) is 41.0 Å². The van der Waals surface area contributed by atoms with Crippen molar-refractivity contribution in [3.8, 4) is 0 Å². The predicted molar refractivity (Wildman–Crippen MR) is 109 cm³/mol. The molecule has 0 aromatic heterocycles. The smallest absolute Gasteiger partial charge is 0.0431 e. The maximum atomic E-state index is 9.53. The maximum Gasteiger partial charge on any atom is 0.0431 e. The van der Waals surface area contributed by atoms with Crippen molar-refractivity contribution in [3.05, 3.63) is 108 Å². The Kier molecular flexibility index (Phi) is 9.01. The fraction of sp³-hybridized carbons (Fsp3) is 0.280. The summed E-state index contributed by atoms with van der Waals surface area (Å²) in [5.41, 5.74) is 4.22. The van der Waals surface area contributed by atoms with Gasteiger partial charge in [0.05, 0.1) is 0 Å². The fourth-order valence-corrected chi connectivity index (χ4v) is 3.99. The normalized spacial score (nSPS) is 11.0.